The molecule has 3 rings (SSSR count). The van der Waals surface area contributed by atoms with Crippen LogP contribution < -0.4 is 5.32 Å². The molecule has 1 fully saturated rings. The van der Waals surface area contributed by atoms with E-state index in [4.69, 9.17) is 4.74 Å². The van der Waals surface area contributed by atoms with Gasteiger partial charge in [0.05, 0.1) is 18.8 Å². The van der Waals surface area contributed by atoms with Crippen molar-refractivity contribution in [3.05, 3.63) is 42.5 Å². The van der Waals surface area contributed by atoms with Gasteiger partial charge in [-0.3, -0.25) is 9.69 Å². The van der Waals surface area contributed by atoms with Gasteiger partial charge >= 0.3 is 0 Å². The Morgan fingerprint density at radius 2 is 2.29 bits per heavy atom. The molecule has 1 N–H and O–H groups in total. The minimum atomic E-state index is -0.229. The van der Waals surface area contributed by atoms with Crippen molar-refractivity contribution < 1.29 is 9.53 Å². The highest BCUT2D eigenvalue weighted by Gasteiger charge is 2.35. The number of aromatic nitrogens is 4. The van der Waals surface area contributed by atoms with E-state index in [9.17, 15) is 4.79 Å². The Labute approximate surface area is 140 Å². The molecule has 0 saturated carbocycles. The van der Waals surface area contributed by atoms with Gasteiger partial charge in [-0.25, -0.2) is 15.0 Å². The lowest BCUT2D eigenvalue weighted by Gasteiger charge is -2.40. The van der Waals surface area contributed by atoms with Crippen LogP contribution in [0.3, 0.4) is 0 Å². The van der Waals surface area contributed by atoms with E-state index in [0.29, 0.717) is 18.8 Å². The highest BCUT2D eigenvalue weighted by molar-refractivity contribution is 5.92. The van der Waals surface area contributed by atoms with Crippen LogP contribution in [0.15, 0.2) is 31.0 Å². The monoisotopic (exact) mass is 330 g/mol. The minimum absolute atomic E-state index is 0.00875. The molecule has 0 aliphatic carbocycles. The number of carbonyl (C=O) groups is 1. The van der Waals surface area contributed by atoms with Crippen LogP contribution in [0.4, 0.5) is 0 Å². The molecular formula is C16H22N6O2. The number of amides is 1. The highest BCUT2D eigenvalue weighted by atomic mass is 16.5. The van der Waals surface area contributed by atoms with E-state index in [0.717, 1.165) is 18.9 Å². The largest absolute Gasteiger partial charge is 0.373 e. The van der Waals surface area contributed by atoms with Gasteiger partial charge in [0.25, 0.3) is 5.91 Å². The predicted molar refractivity (Wildman–Crippen MR) is 87.3 cm³/mol. The van der Waals surface area contributed by atoms with Gasteiger partial charge in [0.15, 0.2) is 0 Å². The average Bonchev–Trinajstić information content (AvgIpc) is 3.05. The molecule has 1 saturated heterocycles. The normalized spacial score (nSPS) is 21.6. The molecule has 0 radical (unpaired) electrons. The van der Waals surface area contributed by atoms with Gasteiger partial charge in [0.1, 0.15) is 17.8 Å². The number of aryl methyl sites for hydroxylation is 1. The maximum absolute atomic E-state index is 12.2. The number of rotatable bonds is 5. The summed E-state index contributed by atoms with van der Waals surface area (Å²) in [6.45, 7) is 4.92. The first-order valence-electron chi connectivity index (χ1n) is 8.07. The van der Waals surface area contributed by atoms with E-state index >= 15 is 0 Å². The first-order chi connectivity index (χ1) is 11.7. The van der Waals surface area contributed by atoms with Gasteiger partial charge in [0.2, 0.25) is 0 Å². The van der Waals surface area contributed by atoms with Crippen molar-refractivity contribution in [3.8, 4) is 0 Å². The number of likely N-dealkylation sites (N-methyl/N-ethyl adjacent to an activating group) is 1. The van der Waals surface area contributed by atoms with Gasteiger partial charge in [0, 0.05) is 38.7 Å². The number of ether oxygens (including phenoxy) is 1. The minimum Gasteiger partial charge on any atom is -0.373 e. The fourth-order valence-corrected chi connectivity index (χ4v) is 3.01. The van der Waals surface area contributed by atoms with Crippen LogP contribution in [0.2, 0.25) is 0 Å². The van der Waals surface area contributed by atoms with E-state index < -0.39 is 0 Å². The van der Waals surface area contributed by atoms with Crippen LogP contribution in [-0.4, -0.2) is 62.7 Å². The molecule has 2 aromatic rings. The Balaban J connectivity index is 1.72. The summed E-state index contributed by atoms with van der Waals surface area (Å²) in [5, 5.41) is 2.91. The Bertz CT molecular complexity index is 674. The number of hydrogen-bond donors (Lipinski definition) is 1. The van der Waals surface area contributed by atoms with E-state index in [2.05, 4.69) is 32.1 Å². The van der Waals surface area contributed by atoms with Crippen molar-refractivity contribution in [2.24, 2.45) is 7.05 Å². The van der Waals surface area contributed by atoms with E-state index in [1.54, 1.807) is 18.5 Å². The molecule has 3 heterocycles. The summed E-state index contributed by atoms with van der Waals surface area (Å²) in [5.74, 6) is 0.714. The third-order valence-corrected chi connectivity index (χ3v) is 4.26. The molecule has 2 aromatic heterocycles. The third kappa shape index (κ3) is 3.44. The van der Waals surface area contributed by atoms with Crippen LogP contribution in [0.5, 0.6) is 0 Å². The summed E-state index contributed by atoms with van der Waals surface area (Å²) in [4.78, 5) is 26.8. The Morgan fingerprint density at radius 1 is 1.42 bits per heavy atom. The molecular weight excluding hydrogens is 308 g/mol. The van der Waals surface area contributed by atoms with E-state index in [-0.39, 0.29) is 18.1 Å². The van der Waals surface area contributed by atoms with Crippen molar-refractivity contribution in [2.45, 2.75) is 19.1 Å². The number of nitrogens with zero attached hydrogens (tertiary/aromatic N) is 5. The number of hydrogen-bond acceptors (Lipinski definition) is 6. The molecule has 0 aromatic carbocycles. The van der Waals surface area contributed by atoms with Crippen molar-refractivity contribution >= 4 is 5.91 Å². The summed E-state index contributed by atoms with van der Waals surface area (Å²) < 4.78 is 7.95. The van der Waals surface area contributed by atoms with Gasteiger partial charge in [-0.15, -0.1) is 0 Å². The van der Waals surface area contributed by atoms with Gasteiger partial charge in [-0.05, 0) is 12.6 Å². The number of carbonyl (C=O) groups excluding carboxylic acids is 1. The van der Waals surface area contributed by atoms with Crippen LogP contribution >= 0.6 is 0 Å². The second-order valence-electron chi connectivity index (χ2n) is 5.68. The second kappa shape index (κ2) is 7.50. The van der Waals surface area contributed by atoms with Crippen LogP contribution in [-0.2, 0) is 11.8 Å². The van der Waals surface area contributed by atoms with Gasteiger partial charge in [-0.1, -0.05) is 6.92 Å². The Hall–Kier alpha value is -2.32. The van der Waals surface area contributed by atoms with Crippen molar-refractivity contribution in [1.82, 2.24) is 29.7 Å². The molecule has 24 heavy (non-hydrogen) atoms. The Morgan fingerprint density at radius 3 is 2.96 bits per heavy atom. The van der Waals surface area contributed by atoms with E-state index in [1.807, 2.05) is 17.8 Å². The quantitative estimate of drug-likeness (QED) is 0.854. The molecule has 1 amide bonds. The first kappa shape index (κ1) is 16.5. The lowest BCUT2D eigenvalue weighted by Crippen LogP contribution is -2.50. The van der Waals surface area contributed by atoms with Crippen molar-refractivity contribution in [2.75, 3.05) is 26.2 Å². The van der Waals surface area contributed by atoms with Crippen molar-refractivity contribution in [1.29, 1.82) is 0 Å². The summed E-state index contributed by atoms with van der Waals surface area (Å²) >= 11 is 0. The first-order valence-corrected chi connectivity index (χ1v) is 8.07. The fourth-order valence-electron chi connectivity index (χ4n) is 3.01. The molecule has 0 spiro atoms. The maximum Gasteiger partial charge on any atom is 0.270 e. The topological polar surface area (TPSA) is 85.2 Å². The summed E-state index contributed by atoms with van der Waals surface area (Å²) in [6.07, 6.45) is 6.46. The van der Waals surface area contributed by atoms with Crippen molar-refractivity contribution in [3.63, 3.8) is 0 Å². The smallest absolute Gasteiger partial charge is 0.270 e. The number of imidazole rings is 1. The third-order valence-electron chi connectivity index (χ3n) is 4.26. The maximum atomic E-state index is 12.2. The molecule has 128 valence electrons. The fraction of sp³-hybridized carbons (Fsp3) is 0.500. The zero-order chi connectivity index (χ0) is 16.9. The number of morpholine rings is 1. The molecule has 1 aliphatic heterocycles. The lowest BCUT2D eigenvalue weighted by molar-refractivity contribution is -0.0720. The zero-order valence-corrected chi connectivity index (χ0v) is 13.9. The molecule has 2 atom stereocenters. The Kier molecular flexibility index (Phi) is 5.17. The molecule has 0 unspecified atom stereocenters. The molecule has 8 heteroatoms. The van der Waals surface area contributed by atoms with Crippen LogP contribution in [0, 0.1) is 0 Å². The summed E-state index contributed by atoms with van der Waals surface area (Å²) in [6, 6.07) is 1.60. The van der Waals surface area contributed by atoms with Crippen LogP contribution in [0.1, 0.15) is 29.3 Å². The molecule has 0 bridgehead atoms. The lowest BCUT2D eigenvalue weighted by atomic mass is 10.1. The summed E-state index contributed by atoms with van der Waals surface area (Å²) in [7, 11) is 1.97. The standard InChI is InChI=1S/C16H22N6O2/c1-3-22-8-9-24-13(14(22)15-18-6-7-21(15)2)10-19-16(23)12-4-5-17-11-20-12/h4-7,11,13-14H,3,8-10H2,1-2H3,(H,19,23)/t13-,14+/m0/s1. The molecule has 8 nitrogen and oxygen atoms in total. The van der Waals surface area contributed by atoms with E-state index in [1.165, 1.54) is 6.33 Å². The average molecular weight is 330 g/mol. The predicted octanol–water partition coefficient (Wildman–Crippen LogP) is 0.402. The molecule has 1 aliphatic rings. The van der Waals surface area contributed by atoms with Gasteiger partial charge < -0.3 is 14.6 Å². The summed E-state index contributed by atoms with van der Waals surface area (Å²) in [5.41, 5.74) is 0.349. The SMILES string of the molecule is CCN1CCO[C@@H](CNC(=O)c2ccncn2)[C@@H]1c1nccn1C. The number of nitrogens with one attached hydrogen (secondary N) is 1. The zero-order valence-electron chi connectivity index (χ0n) is 13.9. The van der Waals surface area contributed by atoms with Gasteiger partial charge in [-0.2, -0.15) is 0 Å². The highest BCUT2D eigenvalue weighted by Crippen LogP contribution is 2.27. The van der Waals surface area contributed by atoms with Crippen LogP contribution in [0.25, 0.3) is 0 Å². The second-order valence-corrected chi connectivity index (χ2v) is 5.68.